The second-order valence-corrected chi connectivity index (χ2v) is 6.16. The lowest BCUT2D eigenvalue weighted by Crippen LogP contribution is -1.95. The minimum atomic E-state index is 0.453. The fourth-order valence-electron chi connectivity index (χ4n) is 1.69. The average molecular weight is 320 g/mol. The van der Waals surface area contributed by atoms with Crippen molar-refractivity contribution >= 4 is 49.5 Å². The standard InChI is InChI=1S/C14H10ClN3S2/c15-13-14(19-20-18-13)17-12-9-5-4-8-11(12)16-10-6-2-1-3-7-10/h1-9,16H. The normalized spacial score (nSPS) is 11.6. The smallest absolute Gasteiger partial charge is 0.179 e. The summed E-state index contributed by atoms with van der Waals surface area (Å²) in [7, 11) is 2.80. The molecule has 1 heterocycles. The van der Waals surface area contributed by atoms with Crippen LogP contribution in [0.4, 0.5) is 17.1 Å². The van der Waals surface area contributed by atoms with Crippen LogP contribution < -0.4 is 9.99 Å². The van der Waals surface area contributed by atoms with Crippen molar-refractivity contribution in [3.05, 3.63) is 64.4 Å². The summed E-state index contributed by atoms with van der Waals surface area (Å²) in [6.07, 6.45) is 0. The number of nitrogens with zero attached hydrogens (tertiary/aromatic N) is 2. The zero-order chi connectivity index (χ0) is 13.8. The molecule has 20 heavy (non-hydrogen) atoms. The molecule has 0 aliphatic carbocycles. The molecule has 0 fully saturated rings. The van der Waals surface area contributed by atoms with Gasteiger partial charge in [0.1, 0.15) is 0 Å². The van der Waals surface area contributed by atoms with E-state index in [1.54, 1.807) is 0 Å². The number of hydrogen-bond donors (Lipinski definition) is 1. The van der Waals surface area contributed by atoms with Crippen molar-refractivity contribution in [3.8, 4) is 0 Å². The molecule has 0 spiro atoms. The van der Waals surface area contributed by atoms with E-state index in [4.69, 9.17) is 11.6 Å². The zero-order valence-electron chi connectivity index (χ0n) is 10.3. The largest absolute Gasteiger partial charge is 0.354 e. The number of halogens is 1. The van der Waals surface area contributed by atoms with Gasteiger partial charge in [-0.15, -0.1) is 0 Å². The van der Waals surface area contributed by atoms with Gasteiger partial charge in [-0.05, 0) is 34.6 Å². The van der Waals surface area contributed by atoms with Crippen LogP contribution in [0.25, 0.3) is 0 Å². The van der Waals surface area contributed by atoms with E-state index in [2.05, 4.69) is 14.7 Å². The van der Waals surface area contributed by atoms with E-state index in [1.165, 1.54) is 20.9 Å². The van der Waals surface area contributed by atoms with E-state index < -0.39 is 0 Å². The highest BCUT2D eigenvalue weighted by Gasteiger charge is 2.03. The summed E-state index contributed by atoms with van der Waals surface area (Å²) in [5, 5.41) is 3.81. The number of para-hydroxylation sites is 3. The summed E-state index contributed by atoms with van der Waals surface area (Å²) in [5.74, 6) is 0. The highest BCUT2D eigenvalue weighted by Crippen LogP contribution is 2.27. The lowest BCUT2D eigenvalue weighted by molar-refractivity contribution is 1.37. The molecule has 2 aromatic carbocycles. The van der Waals surface area contributed by atoms with Gasteiger partial charge in [0.15, 0.2) is 9.82 Å². The Hall–Kier alpha value is -1.69. The molecule has 3 rings (SSSR count). The Balaban J connectivity index is 1.99. The SMILES string of the molecule is Clc1nssc1=Nc1ccccc1Nc1ccccc1. The lowest BCUT2D eigenvalue weighted by atomic mass is 10.2. The topological polar surface area (TPSA) is 37.3 Å². The van der Waals surface area contributed by atoms with Crippen LogP contribution in [-0.4, -0.2) is 4.37 Å². The van der Waals surface area contributed by atoms with Crippen molar-refractivity contribution in [1.29, 1.82) is 0 Å². The highest BCUT2D eigenvalue weighted by molar-refractivity contribution is 7.66. The Bertz CT molecular complexity index is 765. The van der Waals surface area contributed by atoms with Crippen molar-refractivity contribution < 1.29 is 0 Å². The third-order valence-electron chi connectivity index (χ3n) is 2.59. The first-order valence-electron chi connectivity index (χ1n) is 5.90. The van der Waals surface area contributed by atoms with E-state index in [1.807, 2.05) is 54.6 Å². The molecule has 0 amide bonds. The van der Waals surface area contributed by atoms with Crippen LogP contribution in [0.3, 0.4) is 0 Å². The number of benzene rings is 2. The minimum absolute atomic E-state index is 0.453. The van der Waals surface area contributed by atoms with E-state index in [0.717, 1.165) is 21.7 Å². The first-order chi connectivity index (χ1) is 9.83. The van der Waals surface area contributed by atoms with Gasteiger partial charge in [-0.2, -0.15) is 4.37 Å². The van der Waals surface area contributed by atoms with E-state index >= 15 is 0 Å². The third-order valence-corrected chi connectivity index (χ3v) is 4.76. The van der Waals surface area contributed by atoms with Gasteiger partial charge in [-0.25, -0.2) is 4.99 Å². The maximum Gasteiger partial charge on any atom is 0.179 e. The van der Waals surface area contributed by atoms with E-state index in [0.29, 0.717) is 5.15 Å². The van der Waals surface area contributed by atoms with Gasteiger partial charge in [0.2, 0.25) is 0 Å². The number of nitrogens with one attached hydrogen (secondary N) is 1. The highest BCUT2D eigenvalue weighted by atomic mass is 35.5. The number of rotatable bonds is 3. The molecule has 3 nitrogen and oxygen atoms in total. The molecule has 0 unspecified atom stereocenters. The van der Waals surface area contributed by atoms with Crippen molar-refractivity contribution in [2.45, 2.75) is 0 Å². The Labute approximate surface area is 128 Å². The minimum Gasteiger partial charge on any atom is -0.354 e. The van der Waals surface area contributed by atoms with Crippen LogP contribution in [-0.2, 0) is 0 Å². The molecule has 0 atom stereocenters. The van der Waals surface area contributed by atoms with Gasteiger partial charge >= 0.3 is 0 Å². The molecule has 1 N–H and O–H groups in total. The molecule has 3 aromatic rings. The first-order valence-corrected chi connectivity index (χ1v) is 8.39. The van der Waals surface area contributed by atoms with Gasteiger partial charge in [-0.3, -0.25) is 0 Å². The second-order valence-electron chi connectivity index (χ2n) is 3.97. The van der Waals surface area contributed by atoms with Crippen LogP contribution in [0.5, 0.6) is 0 Å². The van der Waals surface area contributed by atoms with E-state index in [-0.39, 0.29) is 0 Å². The number of hydrogen-bond acceptors (Lipinski definition) is 5. The summed E-state index contributed by atoms with van der Waals surface area (Å²) >= 11 is 6.00. The van der Waals surface area contributed by atoms with Crippen LogP contribution in [0, 0.1) is 0 Å². The third kappa shape index (κ3) is 3.07. The molecule has 0 aliphatic rings. The Morgan fingerprint density at radius 1 is 1.00 bits per heavy atom. The molecular weight excluding hydrogens is 310 g/mol. The molecule has 0 aliphatic heterocycles. The second kappa shape index (κ2) is 6.17. The first kappa shape index (κ1) is 13.3. The maximum absolute atomic E-state index is 6.00. The summed E-state index contributed by atoms with van der Waals surface area (Å²) in [6.45, 7) is 0. The Morgan fingerprint density at radius 2 is 1.75 bits per heavy atom. The lowest BCUT2D eigenvalue weighted by Gasteiger charge is -2.08. The summed E-state index contributed by atoms with van der Waals surface area (Å²) in [4.78, 5) is 4.57. The Morgan fingerprint density at radius 3 is 2.50 bits per heavy atom. The van der Waals surface area contributed by atoms with Gasteiger partial charge in [-0.1, -0.05) is 41.9 Å². The number of aromatic nitrogens is 1. The molecule has 1 aromatic heterocycles. The quantitative estimate of drug-likeness (QED) is 0.702. The fourth-order valence-corrected chi connectivity index (χ4v) is 3.67. The van der Waals surface area contributed by atoms with Crippen molar-refractivity contribution in [3.63, 3.8) is 0 Å². The number of anilines is 2. The van der Waals surface area contributed by atoms with E-state index in [9.17, 15) is 0 Å². The van der Waals surface area contributed by atoms with Crippen molar-refractivity contribution in [1.82, 2.24) is 4.37 Å². The summed E-state index contributed by atoms with van der Waals surface area (Å²) in [6, 6.07) is 17.9. The van der Waals surface area contributed by atoms with Gasteiger partial charge in [0, 0.05) is 16.2 Å². The van der Waals surface area contributed by atoms with Crippen LogP contribution in [0.2, 0.25) is 5.15 Å². The molecule has 100 valence electrons. The monoisotopic (exact) mass is 319 g/mol. The van der Waals surface area contributed by atoms with Gasteiger partial charge < -0.3 is 5.32 Å². The van der Waals surface area contributed by atoms with Crippen molar-refractivity contribution in [2.24, 2.45) is 4.99 Å². The van der Waals surface area contributed by atoms with Gasteiger partial charge in [0.05, 0.1) is 11.4 Å². The van der Waals surface area contributed by atoms with Crippen molar-refractivity contribution in [2.75, 3.05) is 5.32 Å². The fraction of sp³-hybridized carbons (Fsp3) is 0. The van der Waals surface area contributed by atoms with Crippen LogP contribution in [0.1, 0.15) is 0 Å². The molecule has 0 bridgehead atoms. The molecule has 6 heteroatoms. The summed E-state index contributed by atoms with van der Waals surface area (Å²) in [5.41, 5.74) is 2.80. The van der Waals surface area contributed by atoms with Gasteiger partial charge in [0.25, 0.3) is 0 Å². The predicted octanol–water partition coefficient (Wildman–Crippen LogP) is 4.83. The predicted molar refractivity (Wildman–Crippen MR) is 86.4 cm³/mol. The molecule has 0 radical (unpaired) electrons. The Kier molecular flexibility index (Phi) is 4.11. The molecule has 0 saturated carbocycles. The molecule has 0 saturated heterocycles. The maximum atomic E-state index is 6.00. The average Bonchev–Trinajstić information content (AvgIpc) is 2.88. The van der Waals surface area contributed by atoms with Crippen LogP contribution in [0.15, 0.2) is 59.6 Å². The summed E-state index contributed by atoms with van der Waals surface area (Å²) < 4.78 is 4.77. The zero-order valence-corrected chi connectivity index (χ0v) is 12.7. The molecular formula is C14H10ClN3S2. The van der Waals surface area contributed by atoms with Crippen LogP contribution >= 0.6 is 32.5 Å².